The van der Waals surface area contributed by atoms with Crippen LogP contribution in [0.2, 0.25) is 0 Å². The van der Waals surface area contributed by atoms with Gasteiger partial charge in [-0.25, -0.2) is 0 Å². The Hall–Kier alpha value is -1.46. The van der Waals surface area contributed by atoms with E-state index in [9.17, 15) is 4.79 Å². The fraction of sp³-hybridized carbons (Fsp3) is 0.714. The van der Waals surface area contributed by atoms with E-state index in [4.69, 9.17) is 4.74 Å². The van der Waals surface area contributed by atoms with Gasteiger partial charge in [0.15, 0.2) is 0 Å². The van der Waals surface area contributed by atoms with Gasteiger partial charge in [0.05, 0.1) is 0 Å². The standard InChI is InChI=1S/C21H31N3O2/c25-20(23-14-17-5-11-26-12-6-17)19-4-1-7-21(19)8-10-24(16-21)15-18-3-2-9-22-13-18/h2-3,9,13,17,19H,1,4-8,10-12,14-16H2,(H,23,25)/t19-,21-/m0/s1. The second kappa shape index (κ2) is 8.05. The Bertz CT molecular complexity index is 603. The topological polar surface area (TPSA) is 54.5 Å². The van der Waals surface area contributed by atoms with Crippen LogP contribution in [-0.2, 0) is 16.1 Å². The summed E-state index contributed by atoms with van der Waals surface area (Å²) in [5, 5.41) is 3.29. The predicted molar refractivity (Wildman–Crippen MR) is 100 cm³/mol. The molecule has 5 nitrogen and oxygen atoms in total. The number of likely N-dealkylation sites (tertiary alicyclic amines) is 1. The molecule has 0 bridgehead atoms. The third kappa shape index (κ3) is 3.94. The van der Waals surface area contributed by atoms with Crippen molar-refractivity contribution in [2.45, 2.75) is 45.1 Å². The van der Waals surface area contributed by atoms with Crippen LogP contribution in [0.25, 0.3) is 0 Å². The van der Waals surface area contributed by atoms with Gasteiger partial charge in [-0.1, -0.05) is 12.5 Å². The number of carbonyl (C=O) groups excluding carboxylic acids is 1. The van der Waals surface area contributed by atoms with E-state index in [0.29, 0.717) is 11.8 Å². The second-order valence-electron chi connectivity index (χ2n) is 8.43. The van der Waals surface area contributed by atoms with Crippen molar-refractivity contribution in [3.8, 4) is 0 Å². The van der Waals surface area contributed by atoms with Crippen molar-refractivity contribution in [2.24, 2.45) is 17.3 Å². The van der Waals surface area contributed by atoms with E-state index in [1.807, 2.05) is 18.5 Å². The monoisotopic (exact) mass is 357 g/mol. The lowest BCUT2D eigenvalue weighted by Crippen LogP contribution is -2.42. The van der Waals surface area contributed by atoms with Crippen LogP contribution in [0.4, 0.5) is 0 Å². The van der Waals surface area contributed by atoms with Crippen molar-refractivity contribution in [1.82, 2.24) is 15.2 Å². The Morgan fingerprint density at radius 3 is 3.00 bits per heavy atom. The molecule has 0 unspecified atom stereocenters. The van der Waals surface area contributed by atoms with Crippen LogP contribution in [0, 0.1) is 17.3 Å². The maximum absolute atomic E-state index is 12.9. The molecule has 3 heterocycles. The van der Waals surface area contributed by atoms with Gasteiger partial charge in [0.25, 0.3) is 0 Å². The van der Waals surface area contributed by atoms with Crippen molar-refractivity contribution in [3.05, 3.63) is 30.1 Å². The summed E-state index contributed by atoms with van der Waals surface area (Å²) in [5.41, 5.74) is 1.46. The summed E-state index contributed by atoms with van der Waals surface area (Å²) in [6.45, 7) is 5.62. The van der Waals surface area contributed by atoms with E-state index in [2.05, 4.69) is 21.3 Å². The number of carbonyl (C=O) groups is 1. The van der Waals surface area contributed by atoms with Crippen LogP contribution in [0.1, 0.15) is 44.1 Å². The number of amides is 1. The van der Waals surface area contributed by atoms with E-state index in [1.54, 1.807) is 0 Å². The molecule has 0 radical (unpaired) electrons. The highest BCUT2D eigenvalue weighted by Crippen LogP contribution is 2.50. The summed E-state index contributed by atoms with van der Waals surface area (Å²) >= 11 is 0. The summed E-state index contributed by atoms with van der Waals surface area (Å²) in [6, 6.07) is 4.15. The maximum atomic E-state index is 12.9. The van der Waals surface area contributed by atoms with E-state index in [-0.39, 0.29) is 11.3 Å². The average Bonchev–Trinajstić information content (AvgIpc) is 3.28. The summed E-state index contributed by atoms with van der Waals surface area (Å²) < 4.78 is 5.42. The van der Waals surface area contributed by atoms with Gasteiger partial charge >= 0.3 is 0 Å². The molecular weight excluding hydrogens is 326 g/mol. The lowest BCUT2D eigenvalue weighted by molar-refractivity contribution is -0.128. The highest BCUT2D eigenvalue weighted by molar-refractivity contribution is 5.80. The van der Waals surface area contributed by atoms with Crippen LogP contribution in [0.15, 0.2) is 24.5 Å². The zero-order valence-corrected chi connectivity index (χ0v) is 15.7. The van der Waals surface area contributed by atoms with Gasteiger partial charge in [-0.3, -0.25) is 14.7 Å². The number of nitrogens with one attached hydrogen (secondary N) is 1. The van der Waals surface area contributed by atoms with Gasteiger partial charge < -0.3 is 10.1 Å². The number of pyridine rings is 1. The minimum absolute atomic E-state index is 0.196. The van der Waals surface area contributed by atoms with Gasteiger partial charge in [-0.2, -0.15) is 0 Å². The predicted octanol–water partition coefficient (Wildman–Crippen LogP) is 2.62. The molecule has 0 aromatic carbocycles. The first-order chi connectivity index (χ1) is 12.8. The summed E-state index contributed by atoms with van der Waals surface area (Å²) in [4.78, 5) is 19.7. The van der Waals surface area contributed by atoms with Crippen LogP contribution in [0.5, 0.6) is 0 Å². The molecule has 2 saturated heterocycles. The molecule has 1 saturated carbocycles. The molecule has 5 heteroatoms. The van der Waals surface area contributed by atoms with Crippen molar-refractivity contribution in [1.29, 1.82) is 0 Å². The van der Waals surface area contributed by atoms with E-state index in [0.717, 1.165) is 65.1 Å². The van der Waals surface area contributed by atoms with E-state index < -0.39 is 0 Å². The highest BCUT2D eigenvalue weighted by atomic mass is 16.5. The van der Waals surface area contributed by atoms with Crippen LogP contribution >= 0.6 is 0 Å². The third-order valence-corrected chi connectivity index (χ3v) is 6.72. The normalized spacial score (nSPS) is 30.1. The van der Waals surface area contributed by atoms with Gasteiger partial charge in [0.2, 0.25) is 5.91 Å². The number of aromatic nitrogens is 1. The molecule has 1 aliphatic carbocycles. The molecule has 3 fully saturated rings. The van der Waals surface area contributed by atoms with Crippen molar-refractivity contribution >= 4 is 5.91 Å². The molecule has 1 amide bonds. The first-order valence-electron chi connectivity index (χ1n) is 10.2. The molecule has 1 aromatic rings. The Balaban J connectivity index is 1.33. The molecule has 3 aliphatic rings. The lowest BCUT2D eigenvalue weighted by Gasteiger charge is -2.31. The third-order valence-electron chi connectivity index (χ3n) is 6.72. The zero-order valence-electron chi connectivity index (χ0n) is 15.7. The molecule has 2 aliphatic heterocycles. The second-order valence-corrected chi connectivity index (χ2v) is 8.43. The quantitative estimate of drug-likeness (QED) is 0.880. The molecule has 4 rings (SSSR count). The van der Waals surface area contributed by atoms with Gasteiger partial charge in [0, 0.05) is 51.2 Å². The summed E-state index contributed by atoms with van der Waals surface area (Å²) in [6.07, 6.45) is 10.5. The molecule has 1 aromatic heterocycles. The van der Waals surface area contributed by atoms with Crippen LogP contribution < -0.4 is 5.32 Å². The fourth-order valence-electron chi connectivity index (χ4n) is 5.22. The number of hydrogen-bond acceptors (Lipinski definition) is 4. The average molecular weight is 357 g/mol. The molecule has 1 N–H and O–H groups in total. The Morgan fingerprint density at radius 2 is 2.19 bits per heavy atom. The SMILES string of the molecule is O=C(NCC1CCOCC1)[C@@H]1CCC[C@@]12CCN(Cc1cccnc1)C2. The van der Waals surface area contributed by atoms with Gasteiger partial charge in [-0.15, -0.1) is 0 Å². The van der Waals surface area contributed by atoms with Crippen LogP contribution in [-0.4, -0.2) is 48.6 Å². The largest absolute Gasteiger partial charge is 0.381 e. The first kappa shape index (κ1) is 17.9. The Labute approximate surface area is 156 Å². The molecular formula is C21H31N3O2. The minimum Gasteiger partial charge on any atom is -0.381 e. The number of ether oxygens (including phenoxy) is 1. The summed E-state index contributed by atoms with van der Waals surface area (Å²) in [7, 11) is 0. The van der Waals surface area contributed by atoms with Gasteiger partial charge in [-0.05, 0) is 61.6 Å². The molecule has 1 spiro atoms. The van der Waals surface area contributed by atoms with E-state index in [1.165, 1.54) is 18.4 Å². The van der Waals surface area contributed by atoms with Crippen molar-refractivity contribution in [2.75, 3.05) is 32.8 Å². The fourth-order valence-corrected chi connectivity index (χ4v) is 5.22. The summed E-state index contributed by atoms with van der Waals surface area (Å²) in [5.74, 6) is 1.09. The Morgan fingerprint density at radius 1 is 1.31 bits per heavy atom. The van der Waals surface area contributed by atoms with E-state index >= 15 is 0 Å². The zero-order chi connectivity index (χ0) is 17.8. The minimum atomic E-state index is 0.196. The highest BCUT2D eigenvalue weighted by Gasteiger charge is 2.50. The van der Waals surface area contributed by atoms with Crippen LogP contribution in [0.3, 0.4) is 0 Å². The van der Waals surface area contributed by atoms with Gasteiger partial charge in [0.1, 0.15) is 0 Å². The maximum Gasteiger partial charge on any atom is 0.223 e. The van der Waals surface area contributed by atoms with Crippen molar-refractivity contribution in [3.63, 3.8) is 0 Å². The first-order valence-corrected chi connectivity index (χ1v) is 10.2. The molecule has 26 heavy (non-hydrogen) atoms. The number of nitrogens with zero attached hydrogens (tertiary/aromatic N) is 2. The van der Waals surface area contributed by atoms with Crippen molar-refractivity contribution < 1.29 is 9.53 Å². The Kier molecular flexibility index (Phi) is 5.55. The number of rotatable bonds is 5. The number of hydrogen-bond donors (Lipinski definition) is 1. The molecule has 142 valence electrons. The lowest BCUT2D eigenvalue weighted by atomic mass is 9.76. The molecule has 2 atom stereocenters. The smallest absolute Gasteiger partial charge is 0.223 e.